The maximum absolute atomic E-state index is 4.15. The number of hydrogen-bond donors (Lipinski definition) is 0. The third-order valence-corrected chi connectivity index (χ3v) is 2.09. The monoisotopic (exact) mass is 173 g/mol. The van der Waals surface area contributed by atoms with Crippen molar-refractivity contribution < 1.29 is 0 Å². The van der Waals surface area contributed by atoms with E-state index in [0.29, 0.717) is 0 Å². The summed E-state index contributed by atoms with van der Waals surface area (Å²) in [5.41, 5.74) is 3.73. The third kappa shape index (κ3) is 2.55. The molecule has 0 saturated heterocycles. The van der Waals surface area contributed by atoms with Crippen LogP contribution in [0.2, 0.25) is 0 Å². The summed E-state index contributed by atoms with van der Waals surface area (Å²) in [6, 6.07) is 0. The summed E-state index contributed by atoms with van der Waals surface area (Å²) < 4.78 is 0. The molecule has 0 aliphatic carbocycles. The second-order valence-electron chi connectivity index (χ2n) is 3.06. The van der Waals surface area contributed by atoms with E-state index in [4.69, 9.17) is 0 Å². The van der Waals surface area contributed by atoms with Crippen LogP contribution in [0.5, 0.6) is 0 Å². The van der Waals surface area contributed by atoms with Crippen LogP contribution in [0.15, 0.2) is 30.6 Å². The maximum atomic E-state index is 4.15. The molecule has 0 radical (unpaired) electrons. The van der Waals surface area contributed by atoms with Crippen LogP contribution in [0.3, 0.4) is 0 Å². The van der Waals surface area contributed by atoms with Crippen molar-refractivity contribution in [2.24, 2.45) is 0 Å². The molecule has 0 amide bonds. The molecule has 0 bridgehead atoms. The average Bonchev–Trinajstić information content (AvgIpc) is 2.13. The van der Waals surface area contributed by atoms with Crippen LogP contribution in [0.25, 0.3) is 6.08 Å². The van der Waals surface area contributed by atoms with Gasteiger partial charge in [0.25, 0.3) is 0 Å². The van der Waals surface area contributed by atoms with Gasteiger partial charge in [-0.1, -0.05) is 24.3 Å². The van der Waals surface area contributed by atoms with E-state index in [1.165, 1.54) is 16.7 Å². The highest BCUT2D eigenvalue weighted by Crippen LogP contribution is 2.12. The zero-order chi connectivity index (χ0) is 9.68. The van der Waals surface area contributed by atoms with Crippen LogP contribution in [-0.4, -0.2) is 4.98 Å². The van der Waals surface area contributed by atoms with Gasteiger partial charge >= 0.3 is 0 Å². The zero-order valence-electron chi connectivity index (χ0n) is 8.41. The maximum Gasteiger partial charge on any atom is 0.0343 e. The van der Waals surface area contributed by atoms with E-state index in [9.17, 15) is 0 Å². The molecule has 1 rings (SSSR count). The third-order valence-electron chi connectivity index (χ3n) is 2.09. The molecule has 1 nitrogen and oxygen atoms in total. The second-order valence-corrected chi connectivity index (χ2v) is 3.06. The van der Waals surface area contributed by atoms with E-state index >= 15 is 0 Å². The summed E-state index contributed by atoms with van der Waals surface area (Å²) in [4.78, 5) is 4.15. The topological polar surface area (TPSA) is 12.9 Å². The van der Waals surface area contributed by atoms with Crippen LogP contribution in [0.4, 0.5) is 0 Å². The van der Waals surface area contributed by atoms with E-state index in [0.717, 1.165) is 0 Å². The summed E-state index contributed by atoms with van der Waals surface area (Å²) >= 11 is 0. The van der Waals surface area contributed by atoms with Gasteiger partial charge < -0.3 is 0 Å². The van der Waals surface area contributed by atoms with E-state index in [-0.39, 0.29) is 0 Å². The lowest BCUT2D eigenvalue weighted by Gasteiger charge is -2.01. The Bertz CT molecular complexity index is 335. The summed E-state index contributed by atoms with van der Waals surface area (Å²) in [6.45, 7) is 6.20. The molecule has 13 heavy (non-hydrogen) atoms. The van der Waals surface area contributed by atoms with Crippen molar-refractivity contribution in [2.45, 2.75) is 20.8 Å². The molecule has 0 fully saturated rings. The predicted molar refractivity (Wildman–Crippen MR) is 57.6 cm³/mol. The standard InChI is InChI=1S/C12H15N/c1-4-5-6-7-12-9-13-8-10(2)11(12)3/h4-9H,1-3H3/b5-4-,7-6-. The molecule has 0 aliphatic rings. The first kappa shape index (κ1) is 9.72. The molecule has 0 unspecified atom stereocenters. The van der Waals surface area contributed by atoms with Gasteiger partial charge in [0, 0.05) is 12.4 Å². The van der Waals surface area contributed by atoms with Gasteiger partial charge in [0.05, 0.1) is 0 Å². The highest BCUT2D eigenvalue weighted by Gasteiger charge is 1.95. The summed E-state index contributed by atoms with van der Waals surface area (Å²) in [5.74, 6) is 0. The molecule has 0 spiro atoms. The van der Waals surface area contributed by atoms with Crippen molar-refractivity contribution in [3.8, 4) is 0 Å². The highest BCUT2D eigenvalue weighted by atomic mass is 14.6. The predicted octanol–water partition coefficient (Wildman–Crippen LogP) is 3.29. The van der Waals surface area contributed by atoms with Gasteiger partial charge in [0.2, 0.25) is 0 Å². The van der Waals surface area contributed by atoms with Crippen molar-refractivity contribution in [3.63, 3.8) is 0 Å². The fourth-order valence-corrected chi connectivity index (χ4v) is 1.09. The minimum absolute atomic E-state index is 1.19. The lowest BCUT2D eigenvalue weighted by molar-refractivity contribution is 1.20. The lowest BCUT2D eigenvalue weighted by Crippen LogP contribution is -1.87. The van der Waals surface area contributed by atoms with Crippen molar-refractivity contribution in [3.05, 3.63) is 47.3 Å². The Balaban J connectivity index is 2.95. The first-order chi connectivity index (χ1) is 6.25. The molecular weight excluding hydrogens is 158 g/mol. The molecule has 68 valence electrons. The Kier molecular flexibility index (Phi) is 3.44. The van der Waals surface area contributed by atoms with Gasteiger partial charge in [-0.3, -0.25) is 4.98 Å². The largest absolute Gasteiger partial charge is 0.264 e. The van der Waals surface area contributed by atoms with Crippen LogP contribution < -0.4 is 0 Å². The van der Waals surface area contributed by atoms with Gasteiger partial charge in [-0.2, -0.15) is 0 Å². The summed E-state index contributed by atoms with van der Waals surface area (Å²) in [5, 5.41) is 0. The zero-order valence-corrected chi connectivity index (χ0v) is 8.41. The van der Waals surface area contributed by atoms with E-state index < -0.39 is 0 Å². The molecule has 1 aromatic heterocycles. The highest BCUT2D eigenvalue weighted by molar-refractivity contribution is 5.55. The Morgan fingerprint density at radius 3 is 2.62 bits per heavy atom. The van der Waals surface area contributed by atoms with Crippen molar-refractivity contribution in [1.82, 2.24) is 4.98 Å². The molecule has 0 saturated carbocycles. The molecule has 1 aromatic rings. The molecule has 1 heterocycles. The van der Waals surface area contributed by atoms with Crippen LogP contribution >= 0.6 is 0 Å². The fraction of sp³-hybridized carbons (Fsp3) is 0.250. The molecule has 0 atom stereocenters. The van der Waals surface area contributed by atoms with E-state index in [2.05, 4.69) is 24.9 Å². The van der Waals surface area contributed by atoms with Crippen molar-refractivity contribution in [2.75, 3.05) is 0 Å². The average molecular weight is 173 g/mol. The minimum atomic E-state index is 1.19. The van der Waals surface area contributed by atoms with E-state index in [1.807, 2.05) is 37.5 Å². The number of rotatable bonds is 2. The van der Waals surface area contributed by atoms with Crippen LogP contribution in [-0.2, 0) is 0 Å². The molecular formula is C12H15N. The number of nitrogens with zero attached hydrogens (tertiary/aromatic N) is 1. The quantitative estimate of drug-likeness (QED) is 0.625. The molecule has 1 heteroatoms. The second kappa shape index (κ2) is 4.61. The van der Waals surface area contributed by atoms with Crippen LogP contribution in [0, 0.1) is 13.8 Å². The Labute approximate surface area is 79.8 Å². The molecule has 0 N–H and O–H groups in total. The number of allylic oxidation sites excluding steroid dienone is 3. The van der Waals surface area contributed by atoms with Crippen molar-refractivity contribution >= 4 is 6.08 Å². The molecule has 0 aromatic carbocycles. The summed E-state index contributed by atoms with van der Waals surface area (Å²) in [6.07, 6.45) is 11.9. The van der Waals surface area contributed by atoms with Crippen molar-refractivity contribution in [1.29, 1.82) is 0 Å². The van der Waals surface area contributed by atoms with Gasteiger partial charge in [-0.15, -0.1) is 0 Å². The molecule has 0 aliphatic heterocycles. The Morgan fingerprint density at radius 1 is 1.15 bits per heavy atom. The Hall–Kier alpha value is -1.37. The van der Waals surface area contributed by atoms with Gasteiger partial charge in [0.1, 0.15) is 0 Å². The number of aryl methyl sites for hydroxylation is 1. The lowest BCUT2D eigenvalue weighted by atomic mass is 10.1. The minimum Gasteiger partial charge on any atom is -0.264 e. The smallest absolute Gasteiger partial charge is 0.0343 e. The number of hydrogen-bond acceptors (Lipinski definition) is 1. The van der Waals surface area contributed by atoms with Crippen LogP contribution in [0.1, 0.15) is 23.6 Å². The first-order valence-electron chi connectivity index (χ1n) is 4.46. The van der Waals surface area contributed by atoms with Gasteiger partial charge in [0.15, 0.2) is 0 Å². The van der Waals surface area contributed by atoms with E-state index in [1.54, 1.807) is 0 Å². The van der Waals surface area contributed by atoms with Gasteiger partial charge in [-0.05, 0) is 37.5 Å². The summed E-state index contributed by atoms with van der Waals surface area (Å²) in [7, 11) is 0. The van der Waals surface area contributed by atoms with Gasteiger partial charge in [-0.25, -0.2) is 0 Å². The number of pyridine rings is 1. The Morgan fingerprint density at radius 2 is 1.92 bits per heavy atom. The first-order valence-corrected chi connectivity index (χ1v) is 4.46. The normalized spacial score (nSPS) is 11.6. The number of aromatic nitrogens is 1. The SMILES string of the molecule is C/C=C\C=C/c1cncc(C)c1C. The fourth-order valence-electron chi connectivity index (χ4n) is 1.09.